The van der Waals surface area contributed by atoms with Gasteiger partial charge in [-0.2, -0.15) is 5.90 Å². The summed E-state index contributed by atoms with van der Waals surface area (Å²) in [6.45, 7) is 1.80. The van der Waals surface area contributed by atoms with E-state index in [1.807, 2.05) is 0 Å². The molecule has 70 valence electrons. The van der Waals surface area contributed by atoms with Crippen molar-refractivity contribution in [3.05, 3.63) is 0 Å². The fourth-order valence-electron chi connectivity index (χ4n) is 0.705. The first-order valence-electron chi connectivity index (χ1n) is 3.54. The summed E-state index contributed by atoms with van der Waals surface area (Å²) in [6, 6.07) is -0.0888. The second-order valence-corrected chi connectivity index (χ2v) is 2.43. The molecule has 0 aliphatic carbocycles. The fourth-order valence-corrected chi connectivity index (χ4v) is 0.705. The molecule has 0 spiro atoms. The lowest BCUT2D eigenvalue weighted by atomic mass is 10.2. The smallest absolute Gasteiger partial charge is 0.324 e. The minimum absolute atomic E-state index is 0.0172. The van der Waals surface area contributed by atoms with Crippen molar-refractivity contribution in [3.63, 3.8) is 0 Å². The third-order valence-electron chi connectivity index (χ3n) is 1.27. The van der Waals surface area contributed by atoms with E-state index in [0.29, 0.717) is 6.42 Å². The van der Waals surface area contributed by atoms with Gasteiger partial charge in [0.15, 0.2) is 5.96 Å². The van der Waals surface area contributed by atoms with E-state index in [-0.39, 0.29) is 18.4 Å². The molecule has 0 bridgehead atoms. The van der Waals surface area contributed by atoms with Gasteiger partial charge in [-0.25, -0.2) is 0 Å². The molecule has 6 nitrogen and oxygen atoms in total. The normalized spacial score (nSPS) is 11.8. The minimum atomic E-state index is -0.465. The highest BCUT2D eigenvalue weighted by Crippen LogP contribution is 2.00. The zero-order chi connectivity index (χ0) is 9.56. The molecule has 0 aromatic rings. The van der Waals surface area contributed by atoms with Crippen LogP contribution in [-0.4, -0.2) is 18.0 Å². The molecular formula is C6H14N4O2. The molecule has 6 N–H and O–H groups in total. The molecule has 0 saturated heterocycles. The van der Waals surface area contributed by atoms with Crippen molar-refractivity contribution in [2.24, 2.45) is 22.4 Å². The Balaban J connectivity index is 3.64. The van der Waals surface area contributed by atoms with Gasteiger partial charge in [0.05, 0.1) is 6.04 Å². The highest BCUT2D eigenvalue weighted by molar-refractivity contribution is 5.76. The summed E-state index contributed by atoms with van der Waals surface area (Å²) in [5, 5.41) is 0. The van der Waals surface area contributed by atoms with E-state index in [4.69, 9.17) is 11.5 Å². The number of guanidine groups is 1. The van der Waals surface area contributed by atoms with Crippen LogP contribution in [0.4, 0.5) is 0 Å². The standard InChI is InChI=1S/C6H14N4O2/c1-4(10-6(7)8)2-3-5(11)12-9/h4H,2-3,9H2,1H3,(H4,7,8,10). The summed E-state index contributed by atoms with van der Waals surface area (Å²) in [6.07, 6.45) is 0.738. The van der Waals surface area contributed by atoms with Crippen LogP contribution in [0.3, 0.4) is 0 Å². The molecular weight excluding hydrogens is 160 g/mol. The maximum atomic E-state index is 10.5. The summed E-state index contributed by atoms with van der Waals surface area (Å²) in [4.78, 5) is 18.3. The van der Waals surface area contributed by atoms with E-state index >= 15 is 0 Å². The van der Waals surface area contributed by atoms with Gasteiger partial charge < -0.3 is 16.3 Å². The Morgan fingerprint density at radius 2 is 2.17 bits per heavy atom. The van der Waals surface area contributed by atoms with E-state index < -0.39 is 5.97 Å². The zero-order valence-corrected chi connectivity index (χ0v) is 6.99. The van der Waals surface area contributed by atoms with E-state index in [2.05, 4.69) is 15.7 Å². The number of aliphatic imine (C=N–C) groups is 1. The average Bonchev–Trinajstić information content (AvgIpc) is 1.99. The monoisotopic (exact) mass is 174 g/mol. The summed E-state index contributed by atoms with van der Waals surface area (Å²) >= 11 is 0. The molecule has 0 aliphatic rings. The molecule has 0 aromatic heterocycles. The van der Waals surface area contributed by atoms with Gasteiger partial charge in [0.1, 0.15) is 0 Å². The van der Waals surface area contributed by atoms with Crippen LogP contribution in [0.5, 0.6) is 0 Å². The zero-order valence-electron chi connectivity index (χ0n) is 6.99. The first-order chi connectivity index (χ1) is 5.56. The second kappa shape index (κ2) is 5.36. The molecule has 0 aromatic carbocycles. The maximum absolute atomic E-state index is 10.5. The van der Waals surface area contributed by atoms with Crippen molar-refractivity contribution >= 4 is 11.9 Å². The van der Waals surface area contributed by atoms with Gasteiger partial charge in [-0.15, -0.1) is 0 Å². The molecule has 1 unspecified atom stereocenters. The quantitative estimate of drug-likeness (QED) is 0.282. The van der Waals surface area contributed by atoms with E-state index in [0.717, 1.165) is 0 Å². The second-order valence-electron chi connectivity index (χ2n) is 2.43. The number of nitrogens with zero attached hydrogens (tertiary/aromatic N) is 1. The first-order valence-corrected chi connectivity index (χ1v) is 3.54. The van der Waals surface area contributed by atoms with Crippen LogP contribution >= 0.6 is 0 Å². The Kier molecular flexibility index (Phi) is 4.78. The number of carbonyl (C=O) groups excluding carboxylic acids is 1. The highest BCUT2D eigenvalue weighted by Gasteiger charge is 2.05. The lowest BCUT2D eigenvalue weighted by Gasteiger charge is -2.04. The van der Waals surface area contributed by atoms with Gasteiger partial charge >= 0.3 is 5.97 Å². The van der Waals surface area contributed by atoms with E-state index in [1.54, 1.807) is 6.92 Å². The Hall–Kier alpha value is -1.30. The number of hydrogen-bond acceptors (Lipinski definition) is 4. The Morgan fingerprint density at radius 3 is 2.58 bits per heavy atom. The van der Waals surface area contributed by atoms with Crippen molar-refractivity contribution in [3.8, 4) is 0 Å². The van der Waals surface area contributed by atoms with Crippen molar-refractivity contribution in [2.75, 3.05) is 0 Å². The van der Waals surface area contributed by atoms with Gasteiger partial charge in [0.25, 0.3) is 0 Å². The van der Waals surface area contributed by atoms with Crippen LogP contribution in [0, 0.1) is 0 Å². The predicted octanol–water partition coefficient (Wildman–Crippen LogP) is -1.15. The topological polar surface area (TPSA) is 117 Å². The molecule has 12 heavy (non-hydrogen) atoms. The number of hydrogen-bond donors (Lipinski definition) is 3. The first kappa shape index (κ1) is 10.7. The van der Waals surface area contributed by atoms with Crippen LogP contribution in [-0.2, 0) is 9.63 Å². The molecule has 0 radical (unpaired) electrons. The van der Waals surface area contributed by atoms with Gasteiger partial charge in [0.2, 0.25) is 0 Å². The van der Waals surface area contributed by atoms with Gasteiger partial charge in [-0.3, -0.25) is 9.79 Å². The maximum Gasteiger partial charge on any atom is 0.324 e. The van der Waals surface area contributed by atoms with E-state index in [9.17, 15) is 4.79 Å². The third-order valence-corrected chi connectivity index (χ3v) is 1.27. The number of carbonyl (C=O) groups is 1. The molecule has 1 atom stereocenters. The Morgan fingerprint density at radius 1 is 1.58 bits per heavy atom. The average molecular weight is 174 g/mol. The molecule has 0 rings (SSSR count). The minimum Gasteiger partial charge on any atom is -0.373 e. The summed E-state index contributed by atoms with van der Waals surface area (Å²) in [5.41, 5.74) is 10.2. The van der Waals surface area contributed by atoms with Crippen LogP contribution < -0.4 is 17.4 Å². The van der Waals surface area contributed by atoms with Crippen LogP contribution in [0.1, 0.15) is 19.8 Å². The molecule has 0 amide bonds. The molecule has 0 saturated carbocycles. The lowest BCUT2D eigenvalue weighted by Crippen LogP contribution is -2.25. The largest absolute Gasteiger partial charge is 0.373 e. The fraction of sp³-hybridized carbons (Fsp3) is 0.667. The summed E-state index contributed by atoms with van der Waals surface area (Å²) < 4.78 is 0. The van der Waals surface area contributed by atoms with Crippen molar-refractivity contribution in [1.29, 1.82) is 0 Å². The van der Waals surface area contributed by atoms with Crippen LogP contribution in [0.25, 0.3) is 0 Å². The SMILES string of the molecule is CC(CCC(=O)ON)N=C(N)N. The summed E-state index contributed by atoms with van der Waals surface area (Å²) in [7, 11) is 0. The Bertz CT molecular complexity index is 176. The van der Waals surface area contributed by atoms with Gasteiger partial charge in [-0.1, -0.05) is 0 Å². The summed E-state index contributed by atoms with van der Waals surface area (Å²) in [5.74, 6) is 4.18. The number of rotatable bonds is 4. The van der Waals surface area contributed by atoms with Crippen molar-refractivity contribution in [1.82, 2.24) is 0 Å². The molecule has 0 aliphatic heterocycles. The van der Waals surface area contributed by atoms with Crippen LogP contribution in [0.15, 0.2) is 4.99 Å². The lowest BCUT2D eigenvalue weighted by molar-refractivity contribution is -0.144. The Labute approximate surface area is 70.7 Å². The highest BCUT2D eigenvalue weighted by atomic mass is 16.7. The van der Waals surface area contributed by atoms with Crippen molar-refractivity contribution in [2.45, 2.75) is 25.8 Å². The predicted molar refractivity (Wildman–Crippen MR) is 44.8 cm³/mol. The molecule has 0 fully saturated rings. The van der Waals surface area contributed by atoms with E-state index in [1.165, 1.54) is 0 Å². The molecule has 0 heterocycles. The molecule has 6 heteroatoms. The van der Waals surface area contributed by atoms with Crippen molar-refractivity contribution < 1.29 is 9.63 Å². The third kappa shape index (κ3) is 5.48. The van der Waals surface area contributed by atoms with Gasteiger partial charge in [-0.05, 0) is 13.3 Å². The van der Waals surface area contributed by atoms with Gasteiger partial charge in [0, 0.05) is 6.42 Å². The number of nitrogens with two attached hydrogens (primary N) is 3. The van der Waals surface area contributed by atoms with Crippen LogP contribution in [0.2, 0.25) is 0 Å².